The van der Waals surface area contributed by atoms with E-state index in [1.165, 1.54) is 10.5 Å². The van der Waals surface area contributed by atoms with Crippen LogP contribution in [0.4, 0.5) is 4.79 Å². The van der Waals surface area contributed by atoms with Crippen molar-refractivity contribution in [3.8, 4) is 11.5 Å². The minimum atomic E-state index is -0.284. The third kappa shape index (κ3) is 4.52. The van der Waals surface area contributed by atoms with Crippen LogP contribution in [-0.2, 0) is 11.2 Å². The van der Waals surface area contributed by atoms with Crippen molar-refractivity contribution in [2.75, 3.05) is 20.3 Å². The molecule has 0 atom stereocenters. The topological polar surface area (TPSA) is 55.8 Å². The molecule has 3 rings (SSSR count). The fourth-order valence-corrected chi connectivity index (χ4v) is 3.54. The first-order chi connectivity index (χ1) is 13.1. The molecule has 0 N–H and O–H groups in total. The number of nitrogens with zero attached hydrogens (tertiary/aromatic N) is 1. The van der Waals surface area contributed by atoms with Crippen LogP contribution < -0.4 is 9.47 Å². The van der Waals surface area contributed by atoms with E-state index in [-0.39, 0.29) is 24.3 Å². The van der Waals surface area contributed by atoms with Crippen LogP contribution in [0.3, 0.4) is 0 Å². The Hall–Kier alpha value is -2.73. The van der Waals surface area contributed by atoms with Crippen molar-refractivity contribution in [3.05, 3.63) is 64.6 Å². The molecule has 2 aromatic rings. The minimum absolute atomic E-state index is 0.189. The van der Waals surface area contributed by atoms with Crippen molar-refractivity contribution in [1.29, 1.82) is 0 Å². The zero-order chi connectivity index (χ0) is 19.2. The van der Waals surface area contributed by atoms with E-state index >= 15 is 0 Å². The maximum absolute atomic E-state index is 12.5. The first-order valence-corrected chi connectivity index (χ1v) is 9.54. The Kier molecular flexibility index (Phi) is 6.19. The van der Waals surface area contributed by atoms with Gasteiger partial charge in [0.15, 0.2) is 11.5 Å². The van der Waals surface area contributed by atoms with E-state index in [2.05, 4.69) is 6.92 Å². The van der Waals surface area contributed by atoms with Gasteiger partial charge in [-0.2, -0.15) is 0 Å². The maximum atomic E-state index is 12.5. The van der Waals surface area contributed by atoms with Crippen LogP contribution in [-0.4, -0.2) is 36.3 Å². The van der Waals surface area contributed by atoms with Crippen LogP contribution in [0, 0.1) is 0 Å². The number of rotatable bonds is 7. The highest BCUT2D eigenvalue weighted by Gasteiger charge is 2.34. The summed E-state index contributed by atoms with van der Waals surface area (Å²) in [6.45, 7) is 2.49. The number of carbonyl (C=O) groups excluding carboxylic acids is 2. The van der Waals surface area contributed by atoms with Crippen molar-refractivity contribution in [2.24, 2.45) is 0 Å². The molecule has 1 saturated heterocycles. The van der Waals surface area contributed by atoms with Gasteiger partial charge in [0.25, 0.3) is 11.1 Å². The van der Waals surface area contributed by atoms with Crippen molar-refractivity contribution >= 4 is 29.0 Å². The molecule has 0 saturated carbocycles. The molecule has 0 radical (unpaired) electrons. The number of hydrogen-bond acceptors (Lipinski definition) is 5. The molecular weight excluding hydrogens is 362 g/mol. The Bertz CT molecular complexity index is 861. The highest BCUT2D eigenvalue weighted by atomic mass is 32.2. The number of ether oxygens (including phenoxy) is 2. The molecule has 27 heavy (non-hydrogen) atoms. The molecule has 1 aliphatic rings. The van der Waals surface area contributed by atoms with Gasteiger partial charge in [0.1, 0.15) is 6.61 Å². The van der Waals surface area contributed by atoms with Gasteiger partial charge < -0.3 is 9.47 Å². The quantitative estimate of drug-likeness (QED) is 0.665. The van der Waals surface area contributed by atoms with E-state index in [1.54, 1.807) is 25.3 Å². The first kappa shape index (κ1) is 19.0. The molecule has 1 heterocycles. The van der Waals surface area contributed by atoms with E-state index < -0.39 is 0 Å². The van der Waals surface area contributed by atoms with Crippen LogP contribution >= 0.6 is 11.8 Å². The monoisotopic (exact) mass is 383 g/mol. The summed E-state index contributed by atoms with van der Waals surface area (Å²) < 4.78 is 10.9. The summed E-state index contributed by atoms with van der Waals surface area (Å²) in [4.78, 5) is 26.4. The Morgan fingerprint density at radius 1 is 1.04 bits per heavy atom. The molecular formula is C21H21NO4S. The number of methoxy groups -OCH3 is 1. The molecule has 0 unspecified atom stereocenters. The fraction of sp³-hybridized carbons (Fsp3) is 0.238. The number of carbonyl (C=O) groups is 2. The summed E-state index contributed by atoms with van der Waals surface area (Å²) >= 11 is 0.959. The maximum Gasteiger partial charge on any atom is 0.293 e. The molecule has 1 aliphatic heterocycles. The van der Waals surface area contributed by atoms with Gasteiger partial charge in [0.05, 0.1) is 18.6 Å². The van der Waals surface area contributed by atoms with E-state index in [9.17, 15) is 9.59 Å². The molecule has 0 aromatic heterocycles. The highest BCUT2D eigenvalue weighted by Crippen LogP contribution is 2.32. The lowest BCUT2D eigenvalue weighted by Gasteiger charge is -2.14. The summed E-state index contributed by atoms with van der Waals surface area (Å²) in [5.74, 6) is 0.911. The number of thioether (sulfide) groups is 1. The normalized spacial score (nSPS) is 15.5. The second-order valence-corrected chi connectivity index (χ2v) is 6.92. The fourth-order valence-electron chi connectivity index (χ4n) is 2.68. The molecule has 6 heteroatoms. The van der Waals surface area contributed by atoms with Gasteiger partial charge in [-0.05, 0) is 47.5 Å². The van der Waals surface area contributed by atoms with E-state index in [4.69, 9.17) is 9.47 Å². The summed E-state index contributed by atoms with van der Waals surface area (Å²) in [5.41, 5.74) is 2.14. The first-order valence-electron chi connectivity index (χ1n) is 8.72. The molecule has 140 valence electrons. The molecule has 2 aromatic carbocycles. The average molecular weight is 383 g/mol. The SMILES string of the molecule is CCc1ccc(/C=C2\SC(=O)N(CCOc3ccccc3OC)C2=O)cc1. The molecule has 0 aliphatic carbocycles. The number of para-hydroxylation sites is 2. The number of amides is 2. The lowest BCUT2D eigenvalue weighted by molar-refractivity contribution is -0.123. The predicted molar refractivity (Wildman–Crippen MR) is 107 cm³/mol. The van der Waals surface area contributed by atoms with Gasteiger partial charge >= 0.3 is 0 Å². The second kappa shape index (κ2) is 8.77. The van der Waals surface area contributed by atoms with E-state index in [1.807, 2.05) is 36.4 Å². The van der Waals surface area contributed by atoms with E-state index in [0.29, 0.717) is 16.4 Å². The van der Waals surface area contributed by atoms with Gasteiger partial charge in [-0.15, -0.1) is 0 Å². The van der Waals surface area contributed by atoms with E-state index in [0.717, 1.165) is 23.7 Å². The van der Waals surface area contributed by atoms with Crippen LogP contribution in [0.5, 0.6) is 11.5 Å². The summed E-state index contributed by atoms with van der Waals surface area (Å²) in [6.07, 6.45) is 2.72. The largest absolute Gasteiger partial charge is 0.493 e. The predicted octanol–water partition coefficient (Wildman–Crippen LogP) is 4.37. The lowest BCUT2D eigenvalue weighted by atomic mass is 10.1. The van der Waals surface area contributed by atoms with Crippen LogP contribution in [0.25, 0.3) is 6.08 Å². The minimum Gasteiger partial charge on any atom is -0.493 e. The van der Waals surface area contributed by atoms with Crippen LogP contribution in [0.15, 0.2) is 53.4 Å². The van der Waals surface area contributed by atoms with Gasteiger partial charge in [-0.3, -0.25) is 14.5 Å². The zero-order valence-corrected chi connectivity index (χ0v) is 16.1. The summed E-state index contributed by atoms with van der Waals surface area (Å²) in [6, 6.07) is 15.2. The number of hydrogen-bond donors (Lipinski definition) is 0. The zero-order valence-electron chi connectivity index (χ0n) is 15.3. The highest BCUT2D eigenvalue weighted by molar-refractivity contribution is 8.18. The Morgan fingerprint density at radius 3 is 2.41 bits per heavy atom. The summed E-state index contributed by atoms with van der Waals surface area (Å²) in [7, 11) is 1.57. The third-order valence-corrected chi connectivity index (χ3v) is 5.11. The Balaban J connectivity index is 1.62. The molecule has 2 amide bonds. The van der Waals surface area contributed by atoms with Crippen LogP contribution in [0.1, 0.15) is 18.1 Å². The van der Waals surface area contributed by atoms with Gasteiger partial charge in [0.2, 0.25) is 0 Å². The Labute approximate surface area is 163 Å². The van der Waals surface area contributed by atoms with Crippen molar-refractivity contribution in [1.82, 2.24) is 4.90 Å². The van der Waals surface area contributed by atoms with Crippen LogP contribution in [0.2, 0.25) is 0 Å². The molecule has 0 spiro atoms. The summed E-state index contributed by atoms with van der Waals surface area (Å²) in [5, 5.41) is -0.278. The number of imide groups is 1. The van der Waals surface area contributed by atoms with Gasteiger partial charge in [-0.1, -0.05) is 43.3 Å². The third-order valence-electron chi connectivity index (χ3n) is 4.20. The number of benzene rings is 2. The van der Waals surface area contributed by atoms with Crippen molar-refractivity contribution in [2.45, 2.75) is 13.3 Å². The molecule has 1 fully saturated rings. The van der Waals surface area contributed by atoms with Gasteiger partial charge in [0, 0.05) is 0 Å². The lowest BCUT2D eigenvalue weighted by Crippen LogP contribution is -2.32. The average Bonchev–Trinajstić information content (AvgIpc) is 2.96. The van der Waals surface area contributed by atoms with Crippen molar-refractivity contribution < 1.29 is 19.1 Å². The Morgan fingerprint density at radius 2 is 1.74 bits per heavy atom. The second-order valence-electron chi connectivity index (χ2n) is 5.93. The van der Waals surface area contributed by atoms with Gasteiger partial charge in [-0.25, -0.2) is 0 Å². The molecule has 5 nitrogen and oxygen atoms in total. The molecule has 0 bridgehead atoms. The smallest absolute Gasteiger partial charge is 0.293 e. The standard InChI is InChI=1S/C21H21NO4S/c1-3-15-8-10-16(11-9-15)14-19-20(23)22(21(24)27-19)12-13-26-18-7-5-4-6-17(18)25-2/h4-11,14H,3,12-13H2,1-2H3/b19-14-. The van der Waals surface area contributed by atoms with Crippen molar-refractivity contribution in [3.63, 3.8) is 0 Å². The number of aryl methyl sites for hydroxylation is 1.